The van der Waals surface area contributed by atoms with E-state index >= 15 is 0 Å². The standard InChI is InChI=1S/C32H44BrN5O/c1-3-37(26-11-7-5-8-12-26)21-23-17-24(22-38(4-2)27-13-9-6-10-14-27)32(39)30(18-23)36-28-15-16-34-29-19-25(33)20-35-31(28)29/h15-20,26-27,39H,3-14,21-22H2,1-2H3,(H,34,36). The predicted molar refractivity (Wildman–Crippen MR) is 165 cm³/mol. The smallest absolute Gasteiger partial charge is 0.143 e. The van der Waals surface area contributed by atoms with Gasteiger partial charge >= 0.3 is 0 Å². The third-order valence-electron chi connectivity index (χ3n) is 8.82. The zero-order valence-corrected chi connectivity index (χ0v) is 25.2. The normalized spacial score (nSPS) is 17.4. The van der Waals surface area contributed by atoms with Gasteiger partial charge in [-0.3, -0.25) is 19.8 Å². The van der Waals surface area contributed by atoms with Crippen molar-refractivity contribution in [3.63, 3.8) is 0 Å². The number of pyridine rings is 2. The highest BCUT2D eigenvalue weighted by atomic mass is 79.9. The second kappa shape index (κ2) is 13.4. The molecular weight excluding hydrogens is 550 g/mol. The number of anilines is 2. The monoisotopic (exact) mass is 593 g/mol. The predicted octanol–water partition coefficient (Wildman–Crippen LogP) is 8.15. The summed E-state index contributed by atoms with van der Waals surface area (Å²) in [4.78, 5) is 14.3. The summed E-state index contributed by atoms with van der Waals surface area (Å²) in [6.45, 7) is 8.25. The van der Waals surface area contributed by atoms with E-state index in [1.807, 2.05) is 12.1 Å². The van der Waals surface area contributed by atoms with Gasteiger partial charge in [0.15, 0.2) is 0 Å². The Morgan fingerprint density at radius 3 is 2.13 bits per heavy atom. The van der Waals surface area contributed by atoms with Gasteiger partial charge in [0.2, 0.25) is 0 Å². The number of hydrogen-bond acceptors (Lipinski definition) is 6. The van der Waals surface area contributed by atoms with E-state index < -0.39 is 0 Å². The summed E-state index contributed by atoms with van der Waals surface area (Å²) in [6, 6.07) is 9.57. The average molecular weight is 595 g/mol. The number of nitrogens with one attached hydrogen (secondary N) is 1. The van der Waals surface area contributed by atoms with Gasteiger partial charge in [0, 0.05) is 47.6 Å². The topological polar surface area (TPSA) is 64.5 Å². The molecule has 2 aliphatic carbocycles. The minimum absolute atomic E-state index is 0.343. The molecule has 5 rings (SSSR count). The summed E-state index contributed by atoms with van der Waals surface area (Å²) in [6.07, 6.45) is 16.7. The molecule has 0 saturated heterocycles. The molecule has 0 radical (unpaired) electrons. The molecule has 2 saturated carbocycles. The third-order valence-corrected chi connectivity index (χ3v) is 9.25. The summed E-state index contributed by atoms with van der Waals surface area (Å²) < 4.78 is 0.900. The Morgan fingerprint density at radius 1 is 0.846 bits per heavy atom. The second-order valence-electron chi connectivity index (χ2n) is 11.4. The quantitative estimate of drug-likeness (QED) is 0.231. The first kappa shape index (κ1) is 28.3. The number of aromatic hydroxyl groups is 1. The number of phenolic OH excluding ortho intramolecular Hbond substituents is 1. The zero-order valence-electron chi connectivity index (χ0n) is 23.6. The lowest BCUT2D eigenvalue weighted by Crippen LogP contribution is -2.36. The maximum absolute atomic E-state index is 11.6. The van der Waals surface area contributed by atoms with Gasteiger partial charge in [0.1, 0.15) is 11.3 Å². The van der Waals surface area contributed by atoms with Crippen LogP contribution in [0.1, 0.15) is 89.2 Å². The van der Waals surface area contributed by atoms with Crippen LogP contribution in [0.3, 0.4) is 0 Å². The highest BCUT2D eigenvalue weighted by Crippen LogP contribution is 2.36. The van der Waals surface area contributed by atoms with Crippen molar-refractivity contribution in [3.8, 4) is 5.75 Å². The molecule has 1 aromatic carbocycles. The zero-order chi connectivity index (χ0) is 27.2. The van der Waals surface area contributed by atoms with Crippen LogP contribution in [0.2, 0.25) is 0 Å². The number of hydrogen-bond donors (Lipinski definition) is 2. The summed E-state index contributed by atoms with van der Waals surface area (Å²) in [5, 5.41) is 15.2. The fraction of sp³-hybridized carbons (Fsp3) is 0.562. The first-order chi connectivity index (χ1) is 19.1. The van der Waals surface area contributed by atoms with Crippen LogP contribution in [-0.4, -0.2) is 50.0 Å². The van der Waals surface area contributed by atoms with E-state index in [1.54, 1.807) is 12.4 Å². The van der Waals surface area contributed by atoms with Crippen molar-refractivity contribution >= 4 is 38.3 Å². The van der Waals surface area contributed by atoms with Crippen LogP contribution in [0.5, 0.6) is 5.75 Å². The molecule has 0 bridgehead atoms. The molecule has 2 aliphatic rings. The van der Waals surface area contributed by atoms with Crippen LogP contribution >= 0.6 is 15.9 Å². The summed E-state index contributed by atoms with van der Waals surface area (Å²) in [5.74, 6) is 0.343. The minimum atomic E-state index is 0.343. The molecule has 7 heteroatoms. The lowest BCUT2D eigenvalue weighted by atomic mass is 9.93. The van der Waals surface area contributed by atoms with Gasteiger partial charge < -0.3 is 10.4 Å². The highest BCUT2D eigenvalue weighted by molar-refractivity contribution is 9.10. The third kappa shape index (κ3) is 6.93. The molecule has 2 fully saturated rings. The number of rotatable bonds is 10. The van der Waals surface area contributed by atoms with Crippen LogP contribution < -0.4 is 5.32 Å². The fourth-order valence-electron chi connectivity index (χ4n) is 6.66. The molecule has 2 aromatic heterocycles. The van der Waals surface area contributed by atoms with Crippen LogP contribution in [0.25, 0.3) is 11.0 Å². The van der Waals surface area contributed by atoms with E-state index in [1.165, 1.54) is 69.8 Å². The number of phenols is 1. The average Bonchev–Trinajstić information content (AvgIpc) is 2.97. The van der Waals surface area contributed by atoms with Crippen LogP contribution in [0.4, 0.5) is 11.4 Å². The minimum Gasteiger partial charge on any atom is -0.505 e. The van der Waals surface area contributed by atoms with Gasteiger partial charge in [0.25, 0.3) is 0 Å². The van der Waals surface area contributed by atoms with Crippen molar-refractivity contribution in [2.24, 2.45) is 0 Å². The van der Waals surface area contributed by atoms with Crippen molar-refractivity contribution in [2.45, 2.75) is 103 Å². The Labute approximate surface area is 242 Å². The Hall–Kier alpha value is -2.22. The van der Waals surface area contributed by atoms with Crippen molar-refractivity contribution in [2.75, 3.05) is 18.4 Å². The molecule has 0 atom stereocenters. The number of benzene rings is 1. The lowest BCUT2D eigenvalue weighted by Gasteiger charge is -2.35. The van der Waals surface area contributed by atoms with E-state index in [4.69, 9.17) is 0 Å². The number of aromatic nitrogens is 2. The molecule has 3 aromatic rings. The summed E-state index contributed by atoms with van der Waals surface area (Å²) >= 11 is 3.51. The molecule has 2 heterocycles. The van der Waals surface area contributed by atoms with E-state index in [2.05, 4.69) is 67.0 Å². The fourth-order valence-corrected chi connectivity index (χ4v) is 6.98. The van der Waals surface area contributed by atoms with Crippen molar-refractivity contribution in [1.29, 1.82) is 0 Å². The summed E-state index contributed by atoms with van der Waals surface area (Å²) in [7, 11) is 0. The Bertz CT molecular complexity index is 1240. The Balaban J connectivity index is 1.49. The van der Waals surface area contributed by atoms with Crippen molar-refractivity contribution < 1.29 is 5.11 Å². The summed E-state index contributed by atoms with van der Waals surface area (Å²) in [5.41, 5.74) is 5.47. The molecule has 39 heavy (non-hydrogen) atoms. The van der Waals surface area contributed by atoms with Gasteiger partial charge in [-0.2, -0.15) is 0 Å². The number of fused-ring (bicyclic) bond motifs is 1. The molecule has 0 spiro atoms. The van der Waals surface area contributed by atoms with Gasteiger partial charge in [-0.25, -0.2) is 0 Å². The molecular formula is C32H44BrN5O. The highest BCUT2D eigenvalue weighted by Gasteiger charge is 2.24. The van der Waals surface area contributed by atoms with Gasteiger partial charge in [-0.1, -0.05) is 52.4 Å². The maximum atomic E-state index is 11.6. The van der Waals surface area contributed by atoms with Gasteiger partial charge in [0.05, 0.1) is 16.9 Å². The van der Waals surface area contributed by atoms with Crippen LogP contribution in [0.15, 0.2) is 41.1 Å². The van der Waals surface area contributed by atoms with E-state index in [9.17, 15) is 5.11 Å². The molecule has 2 N–H and O–H groups in total. The molecule has 0 unspecified atom stereocenters. The second-order valence-corrected chi connectivity index (χ2v) is 12.3. The Kier molecular flexibility index (Phi) is 9.75. The van der Waals surface area contributed by atoms with Crippen LogP contribution in [0, 0.1) is 0 Å². The molecule has 210 valence electrons. The SMILES string of the molecule is CCN(Cc1cc(CN(CC)C2CCCCC2)c(O)c(Nc2ccnc3cc(Br)cnc23)c1)C1CCCCC1. The first-order valence-electron chi connectivity index (χ1n) is 15.1. The van der Waals surface area contributed by atoms with Gasteiger partial charge in [-0.15, -0.1) is 0 Å². The molecule has 6 nitrogen and oxygen atoms in total. The van der Waals surface area contributed by atoms with Gasteiger partial charge in [-0.05, 0) is 84.5 Å². The number of nitrogens with zero attached hydrogens (tertiary/aromatic N) is 4. The van der Waals surface area contributed by atoms with E-state index in [-0.39, 0.29) is 0 Å². The van der Waals surface area contributed by atoms with E-state index in [0.29, 0.717) is 17.8 Å². The lowest BCUT2D eigenvalue weighted by molar-refractivity contribution is 0.152. The van der Waals surface area contributed by atoms with E-state index in [0.717, 1.165) is 58.6 Å². The van der Waals surface area contributed by atoms with Crippen molar-refractivity contribution in [1.82, 2.24) is 19.8 Å². The largest absolute Gasteiger partial charge is 0.505 e. The molecule has 0 aliphatic heterocycles. The van der Waals surface area contributed by atoms with Crippen LogP contribution in [-0.2, 0) is 13.1 Å². The Morgan fingerprint density at radius 2 is 1.49 bits per heavy atom. The molecule has 0 amide bonds. The number of halogens is 1. The first-order valence-corrected chi connectivity index (χ1v) is 15.8. The maximum Gasteiger partial charge on any atom is 0.143 e. The van der Waals surface area contributed by atoms with Crippen molar-refractivity contribution in [3.05, 3.63) is 52.3 Å².